The SMILES string of the molecule is Cc1ccccc1NS(=O)(=O)c1ccc(C(=O)NC(CN)C2CC2)cc1. The highest BCUT2D eigenvalue weighted by molar-refractivity contribution is 7.92. The Morgan fingerprint density at radius 3 is 2.38 bits per heavy atom. The first-order chi connectivity index (χ1) is 12.4. The van der Waals surface area contributed by atoms with Crippen LogP contribution in [0.3, 0.4) is 0 Å². The summed E-state index contributed by atoms with van der Waals surface area (Å²) in [6.45, 7) is 2.24. The number of nitrogens with two attached hydrogens (primary N) is 1. The molecule has 2 aromatic rings. The maximum Gasteiger partial charge on any atom is 0.261 e. The van der Waals surface area contributed by atoms with Gasteiger partial charge in [0.05, 0.1) is 10.6 Å². The molecule has 1 fully saturated rings. The number of rotatable bonds is 7. The summed E-state index contributed by atoms with van der Waals surface area (Å²) in [5.41, 5.74) is 7.49. The number of carbonyl (C=O) groups excluding carboxylic acids is 1. The Morgan fingerprint density at radius 2 is 1.81 bits per heavy atom. The predicted molar refractivity (Wildman–Crippen MR) is 101 cm³/mol. The monoisotopic (exact) mass is 373 g/mol. The van der Waals surface area contributed by atoms with Crippen molar-refractivity contribution in [1.29, 1.82) is 0 Å². The lowest BCUT2D eigenvalue weighted by atomic mass is 10.1. The van der Waals surface area contributed by atoms with Crippen LogP contribution in [0, 0.1) is 12.8 Å². The summed E-state index contributed by atoms with van der Waals surface area (Å²) in [5.74, 6) is 0.227. The Morgan fingerprint density at radius 1 is 1.15 bits per heavy atom. The number of amides is 1. The first kappa shape index (κ1) is 18.4. The number of benzene rings is 2. The summed E-state index contributed by atoms with van der Waals surface area (Å²) in [4.78, 5) is 12.4. The number of carbonyl (C=O) groups is 1. The van der Waals surface area contributed by atoms with Gasteiger partial charge in [-0.05, 0) is 61.6 Å². The molecular formula is C19H23N3O3S. The Hall–Kier alpha value is -2.38. The van der Waals surface area contributed by atoms with E-state index in [1.54, 1.807) is 12.1 Å². The Labute approximate surface area is 153 Å². The van der Waals surface area contributed by atoms with E-state index in [1.807, 2.05) is 19.1 Å². The molecular weight excluding hydrogens is 350 g/mol. The molecule has 1 atom stereocenters. The maximum atomic E-state index is 12.5. The van der Waals surface area contributed by atoms with E-state index in [-0.39, 0.29) is 16.8 Å². The lowest BCUT2D eigenvalue weighted by Gasteiger charge is -2.16. The first-order valence-electron chi connectivity index (χ1n) is 8.60. The van der Waals surface area contributed by atoms with Crippen molar-refractivity contribution < 1.29 is 13.2 Å². The summed E-state index contributed by atoms with van der Waals surface area (Å²) in [6, 6.07) is 13.0. The number of anilines is 1. The third-order valence-electron chi connectivity index (χ3n) is 4.58. The first-order valence-corrected chi connectivity index (χ1v) is 10.1. The summed E-state index contributed by atoms with van der Waals surface area (Å²) < 4.78 is 27.6. The van der Waals surface area contributed by atoms with Gasteiger partial charge in [-0.25, -0.2) is 8.42 Å². The molecule has 0 heterocycles. The van der Waals surface area contributed by atoms with E-state index < -0.39 is 10.0 Å². The van der Waals surface area contributed by atoms with Crippen LogP contribution in [0.25, 0.3) is 0 Å². The molecule has 0 spiro atoms. The average Bonchev–Trinajstić information content (AvgIpc) is 3.46. The van der Waals surface area contributed by atoms with Crippen LogP contribution in [0.15, 0.2) is 53.4 Å². The second-order valence-corrected chi connectivity index (χ2v) is 8.28. The van der Waals surface area contributed by atoms with Gasteiger partial charge in [-0.15, -0.1) is 0 Å². The van der Waals surface area contributed by atoms with Gasteiger partial charge in [0.25, 0.3) is 15.9 Å². The zero-order chi connectivity index (χ0) is 18.7. The second kappa shape index (κ2) is 7.47. The van der Waals surface area contributed by atoms with Gasteiger partial charge in [-0.2, -0.15) is 0 Å². The van der Waals surface area contributed by atoms with Crippen LogP contribution in [0.1, 0.15) is 28.8 Å². The number of aryl methyl sites for hydroxylation is 1. The minimum atomic E-state index is -3.71. The molecule has 0 saturated heterocycles. The second-order valence-electron chi connectivity index (χ2n) is 6.60. The fourth-order valence-corrected chi connectivity index (χ4v) is 3.93. The van der Waals surface area contributed by atoms with Crippen LogP contribution in [0.5, 0.6) is 0 Å². The number of sulfonamides is 1. The quantitative estimate of drug-likeness (QED) is 0.693. The molecule has 3 rings (SSSR count). The molecule has 2 aromatic carbocycles. The van der Waals surface area contributed by atoms with Gasteiger partial charge in [0.15, 0.2) is 0 Å². The number of para-hydroxylation sites is 1. The normalized spacial score (nSPS) is 15.3. The Balaban J connectivity index is 1.72. The average molecular weight is 373 g/mol. The molecule has 1 aliphatic carbocycles. The Bertz CT molecular complexity index is 891. The van der Waals surface area contributed by atoms with Crippen molar-refractivity contribution in [2.45, 2.75) is 30.7 Å². The van der Waals surface area contributed by atoms with Crippen molar-refractivity contribution in [3.63, 3.8) is 0 Å². The molecule has 0 bridgehead atoms. The minimum Gasteiger partial charge on any atom is -0.348 e. The zero-order valence-corrected chi connectivity index (χ0v) is 15.4. The molecule has 1 saturated carbocycles. The van der Waals surface area contributed by atoms with E-state index in [2.05, 4.69) is 10.0 Å². The van der Waals surface area contributed by atoms with Crippen molar-refractivity contribution in [1.82, 2.24) is 5.32 Å². The molecule has 0 aliphatic heterocycles. The van der Waals surface area contributed by atoms with Crippen molar-refractivity contribution in [2.75, 3.05) is 11.3 Å². The summed E-state index contributed by atoms with van der Waals surface area (Å²) in [5, 5.41) is 2.92. The highest BCUT2D eigenvalue weighted by atomic mass is 32.2. The van der Waals surface area contributed by atoms with Gasteiger partial charge in [0.1, 0.15) is 0 Å². The number of hydrogen-bond acceptors (Lipinski definition) is 4. The molecule has 0 aromatic heterocycles. The molecule has 1 unspecified atom stereocenters. The van der Waals surface area contributed by atoms with Gasteiger partial charge < -0.3 is 11.1 Å². The molecule has 1 aliphatic rings. The predicted octanol–water partition coefficient (Wildman–Crippen LogP) is 2.26. The molecule has 6 nitrogen and oxygen atoms in total. The van der Waals surface area contributed by atoms with E-state index >= 15 is 0 Å². The summed E-state index contributed by atoms with van der Waals surface area (Å²) >= 11 is 0. The topological polar surface area (TPSA) is 101 Å². The third-order valence-corrected chi connectivity index (χ3v) is 5.96. The fourth-order valence-electron chi connectivity index (χ4n) is 2.80. The van der Waals surface area contributed by atoms with E-state index in [0.29, 0.717) is 23.7 Å². The number of hydrogen-bond donors (Lipinski definition) is 3. The van der Waals surface area contributed by atoms with E-state index in [1.165, 1.54) is 24.3 Å². The van der Waals surface area contributed by atoms with Crippen LogP contribution in [0.4, 0.5) is 5.69 Å². The summed E-state index contributed by atoms with van der Waals surface area (Å²) in [7, 11) is -3.71. The van der Waals surface area contributed by atoms with Gasteiger partial charge >= 0.3 is 0 Å². The molecule has 7 heteroatoms. The molecule has 0 radical (unpaired) electrons. The number of nitrogens with one attached hydrogen (secondary N) is 2. The maximum absolute atomic E-state index is 12.5. The van der Waals surface area contributed by atoms with E-state index in [9.17, 15) is 13.2 Å². The van der Waals surface area contributed by atoms with Gasteiger partial charge in [-0.1, -0.05) is 18.2 Å². The minimum absolute atomic E-state index is 0.0198. The molecule has 1 amide bonds. The Kier molecular flexibility index (Phi) is 5.29. The van der Waals surface area contributed by atoms with Crippen molar-refractivity contribution in [3.05, 3.63) is 59.7 Å². The van der Waals surface area contributed by atoms with E-state index in [0.717, 1.165) is 18.4 Å². The largest absolute Gasteiger partial charge is 0.348 e. The molecule has 4 N–H and O–H groups in total. The molecule has 26 heavy (non-hydrogen) atoms. The van der Waals surface area contributed by atoms with Crippen LogP contribution < -0.4 is 15.8 Å². The van der Waals surface area contributed by atoms with Crippen molar-refractivity contribution >= 4 is 21.6 Å². The van der Waals surface area contributed by atoms with Crippen molar-refractivity contribution in [3.8, 4) is 0 Å². The third kappa shape index (κ3) is 4.23. The van der Waals surface area contributed by atoms with Crippen LogP contribution >= 0.6 is 0 Å². The zero-order valence-electron chi connectivity index (χ0n) is 14.6. The standard InChI is InChI=1S/C19H23N3O3S/c1-13-4-2-3-5-17(13)22-26(24,25)16-10-8-15(9-11-16)19(23)21-18(12-20)14-6-7-14/h2-5,8-11,14,18,22H,6-7,12,20H2,1H3,(H,21,23). The lowest BCUT2D eigenvalue weighted by Crippen LogP contribution is -2.41. The van der Waals surface area contributed by atoms with Gasteiger partial charge in [0.2, 0.25) is 0 Å². The smallest absolute Gasteiger partial charge is 0.261 e. The fraction of sp³-hybridized carbons (Fsp3) is 0.316. The highest BCUT2D eigenvalue weighted by Gasteiger charge is 2.31. The summed E-state index contributed by atoms with van der Waals surface area (Å²) in [6.07, 6.45) is 2.17. The highest BCUT2D eigenvalue weighted by Crippen LogP contribution is 2.32. The van der Waals surface area contributed by atoms with E-state index in [4.69, 9.17) is 5.73 Å². The van der Waals surface area contributed by atoms with Gasteiger partial charge in [0, 0.05) is 18.2 Å². The van der Waals surface area contributed by atoms with Gasteiger partial charge in [-0.3, -0.25) is 9.52 Å². The molecule has 138 valence electrons. The lowest BCUT2D eigenvalue weighted by molar-refractivity contribution is 0.0933. The van der Waals surface area contributed by atoms with Crippen LogP contribution in [-0.2, 0) is 10.0 Å². The van der Waals surface area contributed by atoms with Crippen molar-refractivity contribution in [2.24, 2.45) is 11.7 Å². The van der Waals surface area contributed by atoms with Crippen LogP contribution in [0.2, 0.25) is 0 Å². The van der Waals surface area contributed by atoms with Crippen LogP contribution in [-0.4, -0.2) is 26.9 Å².